The largest absolute Gasteiger partial charge is 0.264 e. The topological polar surface area (TPSA) is 12.9 Å². The molecule has 3 heteroatoms. The molecule has 0 radical (unpaired) electrons. The van der Waals surface area contributed by atoms with Crippen LogP contribution in [0, 0.1) is 6.92 Å². The summed E-state index contributed by atoms with van der Waals surface area (Å²) in [4.78, 5) is 4.08. The van der Waals surface area contributed by atoms with E-state index in [2.05, 4.69) is 33.9 Å². The Kier molecular flexibility index (Phi) is 6.67. The van der Waals surface area contributed by atoms with Gasteiger partial charge >= 0.3 is 0 Å². The minimum atomic E-state index is 0. The molecular formula is C9H13Br2N. The van der Waals surface area contributed by atoms with Crippen molar-refractivity contribution in [3.63, 3.8) is 0 Å². The van der Waals surface area contributed by atoms with Gasteiger partial charge in [0.2, 0.25) is 0 Å². The maximum absolute atomic E-state index is 4.08. The number of pyridine rings is 1. The van der Waals surface area contributed by atoms with Crippen LogP contribution in [0.1, 0.15) is 17.5 Å². The van der Waals surface area contributed by atoms with E-state index < -0.39 is 0 Å². The van der Waals surface area contributed by atoms with Crippen LogP contribution in [-0.4, -0.2) is 10.3 Å². The van der Waals surface area contributed by atoms with E-state index in [1.807, 2.05) is 12.4 Å². The molecule has 1 rings (SSSR count). The van der Waals surface area contributed by atoms with E-state index in [0.29, 0.717) is 0 Å². The number of halogens is 2. The molecule has 0 bridgehead atoms. The summed E-state index contributed by atoms with van der Waals surface area (Å²) in [5.74, 6) is 0. The minimum Gasteiger partial charge on any atom is -0.264 e. The van der Waals surface area contributed by atoms with Crippen molar-refractivity contribution in [1.29, 1.82) is 0 Å². The fourth-order valence-corrected chi connectivity index (χ4v) is 1.30. The number of hydrogen-bond donors (Lipinski definition) is 0. The predicted octanol–water partition coefficient (Wildman–Crippen LogP) is 3.30. The fourth-order valence-electron chi connectivity index (χ4n) is 1.02. The van der Waals surface area contributed by atoms with Crippen LogP contribution in [-0.2, 0) is 6.42 Å². The predicted molar refractivity (Wildman–Crippen MR) is 61.4 cm³/mol. The van der Waals surface area contributed by atoms with Gasteiger partial charge in [-0.05, 0) is 37.0 Å². The Morgan fingerprint density at radius 3 is 2.83 bits per heavy atom. The van der Waals surface area contributed by atoms with Gasteiger partial charge in [-0.25, -0.2) is 0 Å². The summed E-state index contributed by atoms with van der Waals surface area (Å²) >= 11 is 3.41. The van der Waals surface area contributed by atoms with Gasteiger partial charge in [-0.2, -0.15) is 0 Å². The molecule has 0 saturated heterocycles. The molecule has 0 saturated carbocycles. The van der Waals surface area contributed by atoms with Crippen LogP contribution >= 0.6 is 32.9 Å². The van der Waals surface area contributed by atoms with Gasteiger partial charge in [0.15, 0.2) is 0 Å². The lowest BCUT2D eigenvalue weighted by Gasteiger charge is -2.01. The third kappa shape index (κ3) is 3.68. The number of nitrogens with zero attached hydrogens (tertiary/aromatic N) is 1. The Morgan fingerprint density at radius 2 is 2.25 bits per heavy atom. The molecule has 0 amide bonds. The van der Waals surface area contributed by atoms with Crippen molar-refractivity contribution in [3.8, 4) is 0 Å². The molecule has 1 heterocycles. The summed E-state index contributed by atoms with van der Waals surface area (Å²) in [6.07, 6.45) is 6.11. The summed E-state index contributed by atoms with van der Waals surface area (Å²) in [5.41, 5.74) is 2.72. The van der Waals surface area contributed by atoms with Gasteiger partial charge in [0.25, 0.3) is 0 Å². The maximum Gasteiger partial charge on any atom is 0.0302 e. The van der Waals surface area contributed by atoms with Crippen molar-refractivity contribution in [3.05, 3.63) is 29.6 Å². The summed E-state index contributed by atoms with van der Waals surface area (Å²) < 4.78 is 0. The van der Waals surface area contributed by atoms with E-state index >= 15 is 0 Å². The second-order valence-corrected chi connectivity index (χ2v) is 3.39. The molecular weight excluding hydrogens is 282 g/mol. The van der Waals surface area contributed by atoms with Crippen LogP contribution in [0.5, 0.6) is 0 Å². The molecule has 0 aliphatic heterocycles. The quantitative estimate of drug-likeness (QED) is 0.780. The van der Waals surface area contributed by atoms with Gasteiger partial charge in [-0.3, -0.25) is 4.98 Å². The molecule has 68 valence electrons. The molecule has 0 N–H and O–H groups in total. The van der Waals surface area contributed by atoms with E-state index in [0.717, 1.165) is 11.8 Å². The van der Waals surface area contributed by atoms with E-state index in [4.69, 9.17) is 0 Å². The van der Waals surface area contributed by atoms with E-state index in [-0.39, 0.29) is 17.0 Å². The van der Waals surface area contributed by atoms with E-state index in [1.54, 1.807) is 0 Å². The molecule has 0 aromatic carbocycles. The molecule has 0 unspecified atom stereocenters. The lowest BCUT2D eigenvalue weighted by atomic mass is 10.1. The second kappa shape index (κ2) is 6.61. The Morgan fingerprint density at radius 1 is 1.50 bits per heavy atom. The van der Waals surface area contributed by atoms with Crippen molar-refractivity contribution >= 4 is 32.9 Å². The summed E-state index contributed by atoms with van der Waals surface area (Å²) in [5, 5.41) is 1.07. The molecule has 1 aromatic heterocycles. The zero-order valence-corrected chi connectivity index (χ0v) is 10.4. The third-order valence-electron chi connectivity index (χ3n) is 1.73. The lowest BCUT2D eigenvalue weighted by Crippen LogP contribution is -1.90. The number of alkyl halides is 1. The number of rotatable bonds is 3. The van der Waals surface area contributed by atoms with Crippen LogP contribution in [0.2, 0.25) is 0 Å². The van der Waals surface area contributed by atoms with Crippen LogP contribution in [0.25, 0.3) is 0 Å². The first-order valence-electron chi connectivity index (χ1n) is 3.80. The highest BCUT2D eigenvalue weighted by Gasteiger charge is 1.95. The van der Waals surface area contributed by atoms with Crippen molar-refractivity contribution in [2.45, 2.75) is 19.8 Å². The van der Waals surface area contributed by atoms with Crippen molar-refractivity contribution in [2.24, 2.45) is 0 Å². The van der Waals surface area contributed by atoms with Crippen molar-refractivity contribution < 1.29 is 0 Å². The van der Waals surface area contributed by atoms with Gasteiger partial charge in [-0.15, -0.1) is 17.0 Å². The molecule has 1 aromatic rings. The highest BCUT2D eigenvalue weighted by atomic mass is 79.9. The Bertz CT molecular complexity index is 226. The molecule has 0 fully saturated rings. The fraction of sp³-hybridized carbons (Fsp3) is 0.444. The minimum absolute atomic E-state index is 0. The summed E-state index contributed by atoms with van der Waals surface area (Å²) in [7, 11) is 0. The first-order valence-corrected chi connectivity index (χ1v) is 4.92. The Balaban J connectivity index is 0.00000121. The smallest absolute Gasteiger partial charge is 0.0302 e. The standard InChI is InChI=1S/C9H12BrN.BrH/c1-8-4-6-11-7-9(8)3-2-5-10;/h4,6-7H,2-3,5H2,1H3;1H. The third-order valence-corrected chi connectivity index (χ3v) is 2.29. The Hall–Kier alpha value is 0.110. The monoisotopic (exact) mass is 293 g/mol. The first-order chi connectivity index (χ1) is 5.34. The zero-order chi connectivity index (χ0) is 8.10. The van der Waals surface area contributed by atoms with Crippen LogP contribution < -0.4 is 0 Å². The molecule has 0 spiro atoms. The first kappa shape index (κ1) is 12.1. The molecule has 0 aliphatic carbocycles. The van der Waals surface area contributed by atoms with Gasteiger partial charge in [0, 0.05) is 17.7 Å². The molecule has 0 aliphatic rings. The average molecular weight is 295 g/mol. The molecule has 1 nitrogen and oxygen atoms in total. The van der Waals surface area contributed by atoms with E-state index in [1.165, 1.54) is 17.5 Å². The van der Waals surface area contributed by atoms with Crippen molar-refractivity contribution in [1.82, 2.24) is 4.98 Å². The highest BCUT2D eigenvalue weighted by Crippen LogP contribution is 2.08. The van der Waals surface area contributed by atoms with Gasteiger partial charge in [-0.1, -0.05) is 15.9 Å². The molecule has 12 heavy (non-hydrogen) atoms. The lowest BCUT2D eigenvalue weighted by molar-refractivity contribution is 0.919. The van der Waals surface area contributed by atoms with Crippen LogP contribution in [0.3, 0.4) is 0 Å². The van der Waals surface area contributed by atoms with Gasteiger partial charge < -0.3 is 0 Å². The SMILES string of the molecule is Br.Cc1ccncc1CCCBr. The summed E-state index contributed by atoms with van der Waals surface area (Å²) in [6.45, 7) is 2.13. The van der Waals surface area contributed by atoms with Gasteiger partial charge in [0.05, 0.1) is 0 Å². The van der Waals surface area contributed by atoms with Crippen molar-refractivity contribution in [2.75, 3.05) is 5.33 Å². The summed E-state index contributed by atoms with van der Waals surface area (Å²) in [6, 6.07) is 2.06. The van der Waals surface area contributed by atoms with Crippen LogP contribution in [0.15, 0.2) is 18.5 Å². The molecule has 0 atom stereocenters. The zero-order valence-electron chi connectivity index (χ0n) is 7.09. The normalized spacial score (nSPS) is 9.17. The van der Waals surface area contributed by atoms with E-state index in [9.17, 15) is 0 Å². The number of aryl methyl sites for hydroxylation is 2. The second-order valence-electron chi connectivity index (χ2n) is 2.59. The average Bonchev–Trinajstić information content (AvgIpc) is 2.03. The maximum atomic E-state index is 4.08. The number of aromatic nitrogens is 1. The highest BCUT2D eigenvalue weighted by molar-refractivity contribution is 9.09. The Labute approximate surface area is 92.5 Å². The van der Waals surface area contributed by atoms with Crippen LogP contribution in [0.4, 0.5) is 0 Å². The number of hydrogen-bond acceptors (Lipinski definition) is 1. The van der Waals surface area contributed by atoms with Gasteiger partial charge in [0.1, 0.15) is 0 Å².